The molecule has 2 aromatic rings. The van der Waals surface area contributed by atoms with Gasteiger partial charge in [-0.2, -0.15) is 0 Å². The fraction of sp³-hybridized carbons (Fsp3) is 0.278. The van der Waals surface area contributed by atoms with Crippen LogP contribution in [0.3, 0.4) is 0 Å². The molecule has 134 valence electrons. The molecule has 0 aromatic heterocycles. The van der Waals surface area contributed by atoms with Gasteiger partial charge in [-0.15, -0.1) is 0 Å². The summed E-state index contributed by atoms with van der Waals surface area (Å²) in [6.45, 7) is 5.96. The third-order valence-corrected chi connectivity index (χ3v) is 4.63. The summed E-state index contributed by atoms with van der Waals surface area (Å²) < 4.78 is 28.0. The minimum Gasteiger partial charge on any atom is -0.483 e. The average molecular weight is 362 g/mol. The summed E-state index contributed by atoms with van der Waals surface area (Å²) in [6, 6.07) is 11.6. The monoisotopic (exact) mass is 362 g/mol. The van der Waals surface area contributed by atoms with Crippen molar-refractivity contribution in [1.29, 1.82) is 0 Å². The van der Waals surface area contributed by atoms with E-state index in [-0.39, 0.29) is 17.4 Å². The first-order valence-corrected chi connectivity index (χ1v) is 9.37. The Morgan fingerprint density at radius 3 is 2.36 bits per heavy atom. The van der Waals surface area contributed by atoms with Crippen molar-refractivity contribution < 1.29 is 17.9 Å². The van der Waals surface area contributed by atoms with E-state index >= 15 is 0 Å². The molecule has 0 atom stereocenters. The Labute approximate surface area is 148 Å². The Kier molecular flexibility index (Phi) is 5.81. The molecule has 0 heterocycles. The largest absolute Gasteiger partial charge is 0.483 e. The molecule has 0 saturated carbocycles. The number of sulfonamides is 1. The van der Waals surface area contributed by atoms with Crippen molar-refractivity contribution in [3.63, 3.8) is 0 Å². The molecule has 0 aliphatic rings. The number of carbonyl (C=O) groups is 1. The van der Waals surface area contributed by atoms with Gasteiger partial charge in [0.1, 0.15) is 5.75 Å². The second-order valence-corrected chi connectivity index (χ2v) is 7.65. The molecular formula is C18H22N2O4S. The summed E-state index contributed by atoms with van der Waals surface area (Å²) in [5, 5.41) is 7.68. The fourth-order valence-electron chi connectivity index (χ4n) is 2.20. The number of hydrogen-bond acceptors (Lipinski definition) is 4. The van der Waals surface area contributed by atoms with E-state index in [1.807, 2.05) is 25.1 Å². The molecule has 0 radical (unpaired) electrons. The van der Waals surface area contributed by atoms with Gasteiger partial charge >= 0.3 is 0 Å². The second kappa shape index (κ2) is 7.67. The topological polar surface area (TPSA) is 98.5 Å². The molecule has 0 aliphatic heterocycles. The minimum atomic E-state index is -3.75. The SMILES string of the molecule is Cc1ccc(C(C)C)cc1OCC(=O)Nc1ccc(S(N)(=O)=O)cc1. The van der Waals surface area contributed by atoms with Crippen molar-refractivity contribution in [3.8, 4) is 5.75 Å². The third kappa shape index (κ3) is 5.30. The number of anilines is 1. The van der Waals surface area contributed by atoms with Crippen LogP contribution in [0.25, 0.3) is 0 Å². The van der Waals surface area contributed by atoms with Crippen LogP contribution in [-0.2, 0) is 14.8 Å². The molecule has 6 nitrogen and oxygen atoms in total. The molecule has 1 amide bonds. The number of primary sulfonamides is 1. The molecule has 0 saturated heterocycles. The summed E-state index contributed by atoms with van der Waals surface area (Å²) in [5.41, 5.74) is 2.56. The van der Waals surface area contributed by atoms with E-state index in [0.717, 1.165) is 11.1 Å². The molecule has 2 aromatic carbocycles. The Balaban J connectivity index is 1.98. The zero-order valence-electron chi connectivity index (χ0n) is 14.4. The highest BCUT2D eigenvalue weighted by molar-refractivity contribution is 7.89. The highest BCUT2D eigenvalue weighted by Gasteiger charge is 2.10. The van der Waals surface area contributed by atoms with Crippen molar-refractivity contribution in [3.05, 3.63) is 53.6 Å². The fourth-order valence-corrected chi connectivity index (χ4v) is 2.72. The number of rotatable bonds is 6. The maximum Gasteiger partial charge on any atom is 0.262 e. The van der Waals surface area contributed by atoms with Gasteiger partial charge in [-0.1, -0.05) is 26.0 Å². The van der Waals surface area contributed by atoms with Crippen LogP contribution in [0.1, 0.15) is 30.9 Å². The summed E-state index contributed by atoms with van der Waals surface area (Å²) in [5.74, 6) is 0.706. The van der Waals surface area contributed by atoms with E-state index < -0.39 is 10.0 Å². The van der Waals surface area contributed by atoms with Crippen molar-refractivity contribution in [1.82, 2.24) is 0 Å². The van der Waals surface area contributed by atoms with E-state index in [2.05, 4.69) is 19.2 Å². The Morgan fingerprint density at radius 2 is 1.80 bits per heavy atom. The summed E-state index contributed by atoms with van der Waals surface area (Å²) in [4.78, 5) is 12.0. The van der Waals surface area contributed by atoms with Crippen LogP contribution in [0.15, 0.2) is 47.4 Å². The van der Waals surface area contributed by atoms with Gasteiger partial charge < -0.3 is 10.1 Å². The molecular weight excluding hydrogens is 340 g/mol. The zero-order valence-corrected chi connectivity index (χ0v) is 15.3. The standard InChI is InChI=1S/C18H22N2O4S/c1-12(2)14-5-4-13(3)17(10-14)24-11-18(21)20-15-6-8-16(9-7-15)25(19,22)23/h4-10,12H,11H2,1-3H3,(H,20,21)(H2,19,22,23). The molecule has 25 heavy (non-hydrogen) atoms. The number of aryl methyl sites for hydroxylation is 1. The Hall–Kier alpha value is -2.38. The van der Waals surface area contributed by atoms with Crippen LogP contribution in [0.4, 0.5) is 5.69 Å². The van der Waals surface area contributed by atoms with Gasteiger partial charge in [0.15, 0.2) is 6.61 Å². The number of nitrogens with two attached hydrogens (primary N) is 1. The quantitative estimate of drug-likeness (QED) is 0.825. The van der Waals surface area contributed by atoms with Crippen molar-refractivity contribution >= 4 is 21.6 Å². The summed E-state index contributed by atoms with van der Waals surface area (Å²) >= 11 is 0. The van der Waals surface area contributed by atoms with E-state index in [9.17, 15) is 13.2 Å². The first-order valence-electron chi connectivity index (χ1n) is 7.83. The van der Waals surface area contributed by atoms with Crippen LogP contribution in [0.5, 0.6) is 5.75 Å². The van der Waals surface area contributed by atoms with E-state index in [1.54, 1.807) is 0 Å². The summed E-state index contributed by atoms with van der Waals surface area (Å²) in [6.07, 6.45) is 0. The highest BCUT2D eigenvalue weighted by atomic mass is 32.2. The number of carbonyl (C=O) groups excluding carboxylic acids is 1. The molecule has 0 bridgehead atoms. The first-order chi connectivity index (χ1) is 11.7. The molecule has 0 unspecified atom stereocenters. The average Bonchev–Trinajstić information content (AvgIpc) is 2.53. The zero-order chi connectivity index (χ0) is 18.6. The normalized spacial score (nSPS) is 11.4. The van der Waals surface area contributed by atoms with Crippen LogP contribution >= 0.6 is 0 Å². The smallest absolute Gasteiger partial charge is 0.262 e. The molecule has 0 fully saturated rings. The van der Waals surface area contributed by atoms with E-state index in [4.69, 9.17) is 9.88 Å². The maximum atomic E-state index is 12.0. The predicted octanol–water partition coefficient (Wildman–Crippen LogP) is 2.78. The first kappa shape index (κ1) is 19.0. The van der Waals surface area contributed by atoms with E-state index in [1.165, 1.54) is 24.3 Å². The molecule has 7 heteroatoms. The van der Waals surface area contributed by atoms with Crippen LogP contribution in [0.2, 0.25) is 0 Å². The maximum absolute atomic E-state index is 12.0. The molecule has 2 rings (SSSR count). The highest BCUT2D eigenvalue weighted by Crippen LogP contribution is 2.24. The van der Waals surface area contributed by atoms with Gasteiger partial charge in [0.2, 0.25) is 10.0 Å². The number of amides is 1. The number of benzene rings is 2. The van der Waals surface area contributed by atoms with E-state index in [0.29, 0.717) is 17.4 Å². The van der Waals surface area contributed by atoms with Crippen molar-refractivity contribution in [2.45, 2.75) is 31.6 Å². The lowest BCUT2D eigenvalue weighted by Gasteiger charge is -2.13. The number of hydrogen-bond donors (Lipinski definition) is 2. The van der Waals surface area contributed by atoms with Gasteiger partial charge in [0.05, 0.1) is 4.90 Å². The van der Waals surface area contributed by atoms with Crippen molar-refractivity contribution in [2.24, 2.45) is 5.14 Å². The number of nitrogens with one attached hydrogen (secondary N) is 1. The lowest BCUT2D eigenvalue weighted by molar-refractivity contribution is -0.118. The molecule has 3 N–H and O–H groups in total. The third-order valence-electron chi connectivity index (χ3n) is 3.70. The molecule has 0 spiro atoms. The lowest BCUT2D eigenvalue weighted by atomic mass is 10.0. The molecule has 0 aliphatic carbocycles. The predicted molar refractivity (Wildman–Crippen MR) is 97.2 cm³/mol. The lowest BCUT2D eigenvalue weighted by Crippen LogP contribution is -2.20. The minimum absolute atomic E-state index is 0.0112. The van der Waals surface area contributed by atoms with Gasteiger partial charge in [-0.25, -0.2) is 13.6 Å². The van der Waals surface area contributed by atoms with Gasteiger partial charge in [0.25, 0.3) is 5.91 Å². The Bertz CT molecular complexity index is 859. The second-order valence-electron chi connectivity index (χ2n) is 6.09. The van der Waals surface area contributed by atoms with Crippen molar-refractivity contribution in [2.75, 3.05) is 11.9 Å². The van der Waals surface area contributed by atoms with Crippen LogP contribution in [0, 0.1) is 6.92 Å². The van der Waals surface area contributed by atoms with Crippen LogP contribution in [-0.4, -0.2) is 20.9 Å². The van der Waals surface area contributed by atoms with Gasteiger partial charge in [-0.3, -0.25) is 4.79 Å². The Morgan fingerprint density at radius 1 is 1.16 bits per heavy atom. The number of ether oxygens (including phenoxy) is 1. The summed E-state index contributed by atoms with van der Waals surface area (Å²) in [7, 11) is -3.75. The van der Waals surface area contributed by atoms with Gasteiger partial charge in [-0.05, 0) is 54.3 Å². The van der Waals surface area contributed by atoms with Crippen LogP contribution < -0.4 is 15.2 Å². The van der Waals surface area contributed by atoms with Gasteiger partial charge in [0, 0.05) is 5.69 Å².